The summed E-state index contributed by atoms with van der Waals surface area (Å²) in [6, 6.07) is 11.0. The van der Waals surface area contributed by atoms with Gasteiger partial charge in [-0.2, -0.15) is 18.2 Å². The van der Waals surface area contributed by atoms with Crippen molar-refractivity contribution in [3.63, 3.8) is 0 Å². The molecule has 0 radical (unpaired) electrons. The van der Waals surface area contributed by atoms with Gasteiger partial charge in [0.2, 0.25) is 5.82 Å². The predicted molar refractivity (Wildman–Crippen MR) is 99.3 cm³/mol. The van der Waals surface area contributed by atoms with Crippen LogP contribution in [0.15, 0.2) is 54.9 Å². The lowest BCUT2D eigenvalue weighted by molar-refractivity contribution is -0.385. The van der Waals surface area contributed by atoms with E-state index in [4.69, 9.17) is 4.74 Å². The number of nitro groups is 1. The van der Waals surface area contributed by atoms with Crippen LogP contribution in [-0.2, 0) is 12.6 Å². The molecule has 7 nitrogen and oxygen atoms in total. The molecule has 0 aliphatic carbocycles. The Morgan fingerprint density at radius 3 is 2.28 bits per heavy atom. The molecule has 0 spiro atoms. The fourth-order valence-electron chi connectivity index (χ4n) is 2.48. The highest BCUT2D eigenvalue weighted by atomic mass is 19.4. The highest BCUT2D eigenvalue weighted by molar-refractivity contribution is 5.68. The number of rotatable bonds is 6. The van der Waals surface area contributed by atoms with Crippen LogP contribution in [0.5, 0.6) is 11.6 Å². The van der Waals surface area contributed by atoms with E-state index < -0.39 is 22.4 Å². The van der Waals surface area contributed by atoms with Gasteiger partial charge in [-0.1, -0.05) is 19.1 Å². The number of halogens is 3. The highest BCUT2D eigenvalue weighted by Crippen LogP contribution is 2.36. The maximum absolute atomic E-state index is 12.7. The molecule has 0 saturated heterocycles. The average Bonchev–Trinajstić information content (AvgIpc) is 2.68. The first-order valence-electron chi connectivity index (χ1n) is 8.48. The fraction of sp³-hybridized carbons (Fsp3) is 0.158. The van der Waals surface area contributed by atoms with Gasteiger partial charge in [0.05, 0.1) is 10.5 Å². The molecule has 2 aromatic carbocycles. The van der Waals surface area contributed by atoms with Crippen molar-refractivity contribution < 1.29 is 22.8 Å². The van der Waals surface area contributed by atoms with Crippen molar-refractivity contribution in [2.45, 2.75) is 19.5 Å². The summed E-state index contributed by atoms with van der Waals surface area (Å²) in [5.74, 6) is -0.141. The number of anilines is 2. The Hall–Kier alpha value is -3.69. The summed E-state index contributed by atoms with van der Waals surface area (Å²) in [6.45, 7) is 1.99. The highest BCUT2D eigenvalue weighted by Gasteiger charge is 2.30. The minimum Gasteiger partial charge on any atom is -0.434 e. The van der Waals surface area contributed by atoms with E-state index in [9.17, 15) is 23.3 Å². The van der Waals surface area contributed by atoms with Crippen LogP contribution < -0.4 is 10.1 Å². The Labute approximate surface area is 163 Å². The minimum absolute atomic E-state index is 0.193. The Kier molecular flexibility index (Phi) is 5.62. The predicted octanol–water partition coefficient (Wildman–Crippen LogP) is 5.50. The molecular formula is C19H15F3N4O3. The van der Waals surface area contributed by atoms with Gasteiger partial charge in [-0.05, 0) is 48.4 Å². The zero-order valence-corrected chi connectivity index (χ0v) is 15.1. The number of aromatic nitrogens is 2. The van der Waals surface area contributed by atoms with Gasteiger partial charge in [-0.15, -0.1) is 0 Å². The van der Waals surface area contributed by atoms with Crippen LogP contribution in [0.1, 0.15) is 18.1 Å². The number of alkyl halides is 3. The molecule has 0 fully saturated rings. The molecule has 0 aliphatic rings. The van der Waals surface area contributed by atoms with Crippen LogP contribution in [-0.4, -0.2) is 14.9 Å². The van der Waals surface area contributed by atoms with Crippen LogP contribution >= 0.6 is 0 Å². The van der Waals surface area contributed by atoms with Gasteiger partial charge < -0.3 is 10.1 Å². The Bertz CT molecular complexity index is 1010. The fourth-order valence-corrected chi connectivity index (χ4v) is 2.48. The SMILES string of the molecule is CCc1ccc(Oc2ncnc(Nc3ccc(C(F)(F)F)cc3)c2[N+](=O)[O-])cc1. The van der Waals surface area contributed by atoms with Gasteiger partial charge in [0.15, 0.2) is 0 Å². The van der Waals surface area contributed by atoms with Gasteiger partial charge in [-0.3, -0.25) is 10.1 Å². The summed E-state index contributed by atoms with van der Waals surface area (Å²) in [7, 11) is 0. The number of nitrogens with zero attached hydrogens (tertiary/aromatic N) is 3. The van der Waals surface area contributed by atoms with E-state index in [1.165, 1.54) is 0 Å². The zero-order chi connectivity index (χ0) is 21.0. The summed E-state index contributed by atoms with van der Waals surface area (Å²) in [5.41, 5.74) is -0.107. The molecular weight excluding hydrogens is 389 g/mol. The number of hydrogen-bond donors (Lipinski definition) is 1. The molecule has 1 heterocycles. The quantitative estimate of drug-likeness (QED) is 0.431. The van der Waals surface area contributed by atoms with Crippen molar-refractivity contribution in [3.8, 4) is 11.6 Å². The van der Waals surface area contributed by atoms with Gasteiger partial charge in [0, 0.05) is 5.69 Å². The molecule has 3 aromatic rings. The first kappa shape index (κ1) is 20.1. The van der Waals surface area contributed by atoms with E-state index in [-0.39, 0.29) is 17.4 Å². The molecule has 0 saturated carbocycles. The van der Waals surface area contributed by atoms with E-state index >= 15 is 0 Å². The van der Waals surface area contributed by atoms with Crippen LogP contribution in [0.2, 0.25) is 0 Å². The van der Waals surface area contributed by atoms with Crippen LogP contribution in [0, 0.1) is 10.1 Å². The molecule has 0 aliphatic heterocycles. The minimum atomic E-state index is -4.48. The second kappa shape index (κ2) is 8.13. The number of benzene rings is 2. The maximum Gasteiger partial charge on any atom is 0.416 e. The molecule has 0 amide bonds. The summed E-state index contributed by atoms with van der Waals surface area (Å²) in [6.07, 6.45) is -2.59. The third-order valence-corrected chi connectivity index (χ3v) is 3.99. The molecule has 10 heteroatoms. The third-order valence-electron chi connectivity index (χ3n) is 3.99. The molecule has 0 atom stereocenters. The molecule has 3 rings (SSSR count). The van der Waals surface area contributed by atoms with Crippen molar-refractivity contribution >= 4 is 17.2 Å². The van der Waals surface area contributed by atoms with Gasteiger partial charge in [-0.25, -0.2) is 4.98 Å². The number of hydrogen-bond acceptors (Lipinski definition) is 6. The van der Waals surface area contributed by atoms with E-state index in [1.807, 2.05) is 19.1 Å². The summed E-state index contributed by atoms with van der Waals surface area (Å²) < 4.78 is 43.6. The average molecular weight is 404 g/mol. The standard InChI is InChI=1S/C19H15F3N4O3/c1-2-12-3-9-15(10-4-12)29-18-16(26(27)28)17(23-11-24-18)25-14-7-5-13(6-8-14)19(20,21)22/h3-11H,2H2,1H3,(H,23,24,25). The Morgan fingerprint density at radius 1 is 1.07 bits per heavy atom. The zero-order valence-electron chi connectivity index (χ0n) is 15.1. The topological polar surface area (TPSA) is 90.2 Å². The normalized spacial score (nSPS) is 11.2. The second-order valence-electron chi connectivity index (χ2n) is 5.93. The van der Waals surface area contributed by atoms with Crippen LogP contribution in [0.4, 0.5) is 30.4 Å². The van der Waals surface area contributed by atoms with Gasteiger partial charge >= 0.3 is 17.7 Å². The van der Waals surface area contributed by atoms with Crippen molar-refractivity contribution in [2.24, 2.45) is 0 Å². The first-order valence-corrected chi connectivity index (χ1v) is 8.48. The van der Waals surface area contributed by atoms with Crippen molar-refractivity contribution in [3.05, 3.63) is 76.1 Å². The molecule has 0 bridgehead atoms. The summed E-state index contributed by atoms with van der Waals surface area (Å²) in [5, 5.41) is 14.2. The van der Waals surface area contributed by atoms with Gasteiger partial charge in [0.1, 0.15) is 12.1 Å². The molecule has 29 heavy (non-hydrogen) atoms. The summed E-state index contributed by atoms with van der Waals surface area (Å²) in [4.78, 5) is 18.5. The lowest BCUT2D eigenvalue weighted by Crippen LogP contribution is -2.06. The van der Waals surface area contributed by atoms with Crippen LogP contribution in [0.25, 0.3) is 0 Å². The smallest absolute Gasteiger partial charge is 0.416 e. The van der Waals surface area contributed by atoms with Crippen molar-refractivity contribution in [1.82, 2.24) is 9.97 Å². The lowest BCUT2D eigenvalue weighted by atomic mass is 10.2. The van der Waals surface area contributed by atoms with Crippen LogP contribution in [0.3, 0.4) is 0 Å². The molecule has 0 unspecified atom stereocenters. The molecule has 1 aromatic heterocycles. The molecule has 150 valence electrons. The van der Waals surface area contributed by atoms with Crippen molar-refractivity contribution in [1.29, 1.82) is 0 Å². The lowest BCUT2D eigenvalue weighted by Gasteiger charge is -2.11. The van der Waals surface area contributed by atoms with E-state index in [0.717, 1.165) is 42.6 Å². The Morgan fingerprint density at radius 2 is 1.72 bits per heavy atom. The van der Waals surface area contributed by atoms with E-state index in [1.54, 1.807) is 12.1 Å². The second-order valence-corrected chi connectivity index (χ2v) is 5.93. The first-order chi connectivity index (χ1) is 13.8. The monoisotopic (exact) mass is 404 g/mol. The third kappa shape index (κ3) is 4.78. The Balaban J connectivity index is 1.89. The number of aryl methyl sites for hydroxylation is 1. The number of nitrogens with one attached hydrogen (secondary N) is 1. The summed E-state index contributed by atoms with van der Waals surface area (Å²) >= 11 is 0. The number of ether oxygens (including phenoxy) is 1. The maximum atomic E-state index is 12.7. The molecule has 1 N–H and O–H groups in total. The van der Waals surface area contributed by atoms with E-state index in [0.29, 0.717) is 5.75 Å². The van der Waals surface area contributed by atoms with Crippen molar-refractivity contribution in [2.75, 3.05) is 5.32 Å². The van der Waals surface area contributed by atoms with Gasteiger partial charge in [0.25, 0.3) is 0 Å². The van der Waals surface area contributed by atoms with E-state index in [2.05, 4.69) is 15.3 Å². The largest absolute Gasteiger partial charge is 0.434 e.